The fourth-order valence-electron chi connectivity index (χ4n) is 2.97. The smallest absolute Gasteiger partial charge is 0.336 e. The van der Waals surface area contributed by atoms with E-state index in [4.69, 9.17) is 4.74 Å². The van der Waals surface area contributed by atoms with Gasteiger partial charge in [-0.3, -0.25) is 0 Å². The SMILES string of the molecule is Cc1nnn(-c2ccc(-c3cnc(OC4(C)CCNCC4)nn3)c(O)c2)n1. The lowest BCUT2D eigenvalue weighted by molar-refractivity contribution is 0.0445. The highest BCUT2D eigenvalue weighted by atomic mass is 16.5. The maximum Gasteiger partial charge on any atom is 0.336 e. The van der Waals surface area contributed by atoms with E-state index in [0.717, 1.165) is 25.9 Å². The molecule has 3 aromatic rings. The number of hydrogen-bond donors (Lipinski definition) is 2. The highest BCUT2D eigenvalue weighted by Gasteiger charge is 2.29. The molecule has 0 bridgehead atoms. The van der Waals surface area contributed by atoms with Crippen LogP contribution < -0.4 is 10.1 Å². The van der Waals surface area contributed by atoms with E-state index in [0.29, 0.717) is 22.8 Å². The van der Waals surface area contributed by atoms with Crippen LogP contribution in [0.15, 0.2) is 24.4 Å². The van der Waals surface area contributed by atoms with E-state index in [1.165, 1.54) is 4.80 Å². The molecule has 0 radical (unpaired) electrons. The third-order valence-corrected chi connectivity index (χ3v) is 4.54. The summed E-state index contributed by atoms with van der Waals surface area (Å²) in [6.07, 6.45) is 3.31. The third-order valence-electron chi connectivity index (χ3n) is 4.54. The van der Waals surface area contributed by atoms with Gasteiger partial charge in [-0.05, 0) is 57.1 Å². The Kier molecular flexibility index (Phi) is 4.40. The summed E-state index contributed by atoms with van der Waals surface area (Å²) in [5, 5.41) is 33.7. The van der Waals surface area contributed by atoms with Crippen LogP contribution in [0.1, 0.15) is 25.6 Å². The number of aromatic hydroxyl groups is 1. The van der Waals surface area contributed by atoms with E-state index < -0.39 is 0 Å². The van der Waals surface area contributed by atoms with E-state index in [9.17, 15) is 5.11 Å². The Labute approximate surface area is 155 Å². The van der Waals surface area contributed by atoms with Gasteiger partial charge in [-0.25, -0.2) is 4.98 Å². The first-order valence-electron chi connectivity index (χ1n) is 8.72. The number of phenolic OH excluding ortho intramolecular Hbond substituents is 1. The summed E-state index contributed by atoms with van der Waals surface area (Å²) in [4.78, 5) is 5.60. The molecule has 1 saturated heterocycles. The molecular weight excluding hydrogens is 348 g/mol. The summed E-state index contributed by atoms with van der Waals surface area (Å²) in [6.45, 7) is 5.60. The van der Waals surface area contributed by atoms with Gasteiger partial charge in [0.15, 0.2) is 5.82 Å². The number of aryl methyl sites for hydroxylation is 1. The number of piperidine rings is 1. The Hall–Kier alpha value is -3.14. The second-order valence-electron chi connectivity index (χ2n) is 6.76. The predicted octanol–water partition coefficient (Wildman–Crippen LogP) is 1.05. The fraction of sp³-hybridized carbons (Fsp3) is 0.412. The van der Waals surface area contributed by atoms with Crippen LogP contribution >= 0.6 is 0 Å². The van der Waals surface area contributed by atoms with Crippen LogP contribution in [-0.4, -0.2) is 59.2 Å². The average molecular weight is 368 g/mol. The van der Waals surface area contributed by atoms with Gasteiger partial charge in [-0.1, -0.05) is 5.10 Å². The first-order valence-corrected chi connectivity index (χ1v) is 8.72. The van der Waals surface area contributed by atoms with E-state index in [-0.39, 0.29) is 17.4 Å². The molecule has 0 atom stereocenters. The molecule has 0 amide bonds. The summed E-state index contributed by atoms with van der Waals surface area (Å²) in [5.41, 5.74) is 1.26. The lowest BCUT2D eigenvalue weighted by Gasteiger charge is -2.33. The lowest BCUT2D eigenvalue weighted by atomic mass is 9.95. The number of tetrazole rings is 1. The molecule has 1 aliphatic heterocycles. The monoisotopic (exact) mass is 368 g/mol. The molecule has 0 spiro atoms. The third kappa shape index (κ3) is 3.70. The number of nitrogens with zero attached hydrogens (tertiary/aromatic N) is 7. The Morgan fingerprint density at radius 3 is 2.63 bits per heavy atom. The van der Waals surface area contributed by atoms with Crippen LogP contribution in [0.5, 0.6) is 11.8 Å². The van der Waals surface area contributed by atoms with Gasteiger partial charge >= 0.3 is 6.01 Å². The molecule has 0 unspecified atom stereocenters. The summed E-state index contributed by atoms with van der Waals surface area (Å²) >= 11 is 0. The minimum absolute atomic E-state index is 0.0255. The van der Waals surface area contributed by atoms with E-state index in [2.05, 4.69) is 42.8 Å². The molecule has 1 aromatic carbocycles. The van der Waals surface area contributed by atoms with Crippen LogP contribution in [0, 0.1) is 6.92 Å². The predicted molar refractivity (Wildman–Crippen MR) is 95.5 cm³/mol. The standard InChI is InChI=1S/C17H20N8O2/c1-11-20-24-25(23-11)12-3-4-13(15(26)9-12)14-10-19-16(22-21-14)27-17(2)5-7-18-8-6-17/h3-4,9-10,18,26H,5-8H2,1-2H3. The number of ether oxygens (including phenoxy) is 1. The molecule has 2 aromatic heterocycles. The minimum atomic E-state index is -0.291. The first kappa shape index (κ1) is 17.3. The van der Waals surface area contributed by atoms with E-state index in [1.54, 1.807) is 31.3 Å². The number of benzene rings is 1. The number of rotatable bonds is 4. The summed E-state index contributed by atoms with van der Waals surface area (Å²) in [7, 11) is 0. The van der Waals surface area contributed by atoms with E-state index >= 15 is 0 Å². The zero-order chi connectivity index (χ0) is 18.9. The van der Waals surface area contributed by atoms with Crippen LogP contribution in [0.4, 0.5) is 0 Å². The van der Waals surface area contributed by atoms with Gasteiger partial charge in [0.2, 0.25) is 0 Å². The molecule has 10 heteroatoms. The van der Waals surface area contributed by atoms with Crippen molar-refractivity contribution in [3.05, 3.63) is 30.2 Å². The van der Waals surface area contributed by atoms with Gasteiger partial charge < -0.3 is 15.2 Å². The summed E-state index contributed by atoms with van der Waals surface area (Å²) in [5.74, 6) is 0.573. The minimum Gasteiger partial charge on any atom is -0.507 e. The van der Waals surface area contributed by atoms with Crippen molar-refractivity contribution in [2.45, 2.75) is 32.3 Å². The van der Waals surface area contributed by atoms with Gasteiger partial charge in [-0.2, -0.15) is 0 Å². The first-order chi connectivity index (χ1) is 13.0. The highest BCUT2D eigenvalue weighted by Crippen LogP contribution is 2.29. The second kappa shape index (κ2) is 6.88. The van der Waals surface area contributed by atoms with Crippen LogP contribution in [0.25, 0.3) is 16.9 Å². The number of aromatic nitrogens is 7. The lowest BCUT2D eigenvalue weighted by Crippen LogP contribution is -2.44. The Morgan fingerprint density at radius 2 is 2.00 bits per heavy atom. The van der Waals surface area contributed by atoms with Gasteiger partial charge in [0.25, 0.3) is 0 Å². The maximum atomic E-state index is 10.4. The highest BCUT2D eigenvalue weighted by molar-refractivity contribution is 5.67. The van der Waals surface area contributed by atoms with Crippen molar-refractivity contribution in [3.63, 3.8) is 0 Å². The zero-order valence-corrected chi connectivity index (χ0v) is 15.1. The van der Waals surface area contributed by atoms with Gasteiger partial charge in [0.1, 0.15) is 17.0 Å². The van der Waals surface area contributed by atoms with Gasteiger partial charge in [0.05, 0.1) is 11.9 Å². The molecule has 1 fully saturated rings. The zero-order valence-electron chi connectivity index (χ0n) is 15.1. The van der Waals surface area contributed by atoms with Gasteiger partial charge in [0, 0.05) is 11.6 Å². The largest absolute Gasteiger partial charge is 0.507 e. The summed E-state index contributed by atoms with van der Waals surface area (Å²) in [6, 6.07) is 5.25. The molecule has 0 saturated carbocycles. The van der Waals surface area contributed by atoms with Crippen molar-refractivity contribution in [2.24, 2.45) is 0 Å². The molecule has 1 aliphatic rings. The van der Waals surface area contributed by atoms with Gasteiger partial charge in [-0.15, -0.1) is 20.1 Å². The number of hydrogen-bond acceptors (Lipinski definition) is 9. The topological polar surface area (TPSA) is 124 Å². The Bertz CT molecular complexity index is 934. The maximum absolute atomic E-state index is 10.4. The molecule has 0 aliphatic carbocycles. The fourth-order valence-corrected chi connectivity index (χ4v) is 2.97. The van der Waals surface area contributed by atoms with Crippen LogP contribution in [0.3, 0.4) is 0 Å². The molecule has 140 valence electrons. The molecule has 3 heterocycles. The van der Waals surface area contributed by atoms with E-state index in [1.807, 2.05) is 0 Å². The van der Waals surface area contributed by atoms with Crippen molar-refractivity contribution in [1.82, 2.24) is 40.7 Å². The second-order valence-corrected chi connectivity index (χ2v) is 6.76. The van der Waals surface area contributed by atoms with Crippen molar-refractivity contribution >= 4 is 0 Å². The van der Waals surface area contributed by atoms with Crippen molar-refractivity contribution < 1.29 is 9.84 Å². The van der Waals surface area contributed by atoms with Crippen molar-refractivity contribution in [3.8, 4) is 28.7 Å². The molecular formula is C17H20N8O2. The molecule has 27 heavy (non-hydrogen) atoms. The van der Waals surface area contributed by atoms with Crippen LogP contribution in [-0.2, 0) is 0 Å². The number of nitrogens with one attached hydrogen (secondary N) is 1. The normalized spacial score (nSPS) is 16.2. The quantitative estimate of drug-likeness (QED) is 0.695. The van der Waals surface area contributed by atoms with Crippen molar-refractivity contribution in [2.75, 3.05) is 13.1 Å². The molecule has 10 nitrogen and oxygen atoms in total. The van der Waals surface area contributed by atoms with Crippen LogP contribution in [0.2, 0.25) is 0 Å². The Morgan fingerprint density at radius 1 is 1.19 bits per heavy atom. The van der Waals surface area contributed by atoms with Crippen molar-refractivity contribution in [1.29, 1.82) is 0 Å². The average Bonchev–Trinajstić information content (AvgIpc) is 3.09. The Balaban J connectivity index is 1.53. The molecule has 4 rings (SSSR count). The molecule has 2 N–H and O–H groups in total. The summed E-state index contributed by atoms with van der Waals surface area (Å²) < 4.78 is 5.93. The number of phenols is 1.